The van der Waals surface area contributed by atoms with Gasteiger partial charge in [-0.25, -0.2) is 12.7 Å². The Labute approximate surface area is 117 Å². The zero-order chi connectivity index (χ0) is 14.8. The second kappa shape index (κ2) is 5.68. The largest absolute Gasteiger partial charge is 0.398 e. The summed E-state index contributed by atoms with van der Waals surface area (Å²) in [5.74, 6) is 0. The molecule has 1 aromatic carbocycles. The topological polar surface area (TPSA) is 63.4 Å². The molecule has 9 heteroatoms. The molecule has 0 aromatic heterocycles. The molecule has 4 nitrogen and oxygen atoms in total. The summed E-state index contributed by atoms with van der Waals surface area (Å²) < 4.78 is 61.3. The Morgan fingerprint density at radius 1 is 1.37 bits per heavy atom. The molecular formula is C10H12BrF3N2O2S. The van der Waals surface area contributed by atoms with Crippen molar-refractivity contribution < 1.29 is 21.6 Å². The third-order valence-corrected chi connectivity index (χ3v) is 4.93. The molecule has 0 saturated heterocycles. The van der Waals surface area contributed by atoms with Crippen LogP contribution in [0.1, 0.15) is 6.42 Å². The number of benzene rings is 1. The van der Waals surface area contributed by atoms with E-state index in [1.165, 1.54) is 18.2 Å². The minimum atomic E-state index is -4.40. The first-order valence-corrected chi connectivity index (χ1v) is 7.35. The van der Waals surface area contributed by atoms with Crippen LogP contribution in [-0.2, 0) is 10.0 Å². The van der Waals surface area contributed by atoms with E-state index in [2.05, 4.69) is 15.9 Å². The monoisotopic (exact) mass is 360 g/mol. The number of alkyl halides is 3. The number of rotatable bonds is 4. The van der Waals surface area contributed by atoms with E-state index in [4.69, 9.17) is 5.73 Å². The van der Waals surface area contributed by atoms with Gasteiger partial charge in [0.1, 0.15) is 0 Å². The third-order valence-electron chi connectivity index (χ3n) is 2.39. The summed E-state index contributed by atoms with van der Waals surface area (Å²) in [6, 6.07) is 3.88. The summed E-state index contributed by atoms with van der Waals surface area (Å²) in [4.78, 5) is -0.113. The van der Waals surface area contributed by atoms with Crippen LogP contribution in [0.25, 0.3) is 0 Å². The number of hydrogen-bond acceptors (Lipinski definition) is 3. The van der Waals surface area contributed by atoms with Gasteiger partial charge < -0.3 is 5.73 Å². The first kappa shape index (κ1) is 16.3. The van der Waals surface area contributed by atoms with Crippen LogP contribution in [0.15, 0.2) is 27.6 Å². The minimum absolute atomic E-state index is 0.113. The smallest absolute Gasteiger partial charge is 0.390 e. The highest BCUT2D eigenvalue weighted by atomic mass is 79.9. The van der Waals surface area contributed by atoms with E-state index in [1.54, 1.807) is 0 Å². The summed E-state index contributed by atoms with van der Waals surface area (Å²) in [5.41, 5.74) is 5.86. The Hall–Kier alpha value is -0.800. The standard InChI is InChI=1S/C10H12BrF3N2O2S/c1-16(5-4-10(12,13)14)19(17,18)7-2-3-9(15)8(11)6-7/h2-3,6H,4-5,15H2,1H3. The van der Waals surface area contributed by atoms with E-state index in [-0.39, 0.29) is 4.90 Å². The quantitative estimate of drug-likeness (QED) is 0.839. The van der Waals surface area contributed by atoms with Crippen LogP contribution in [0.2, 0.25) is 0 Å². The van der Waals surface area contributed by atoms with Gasteiger partial charge in [-0.1, -0.05) is 0 Å². The van der Waals surface area contributed by atoms with Crippen molar-refractivity contribution in [1.29, 1.82) is 0 Å². The number of nitrogens with zero attached hydrogens (tertiary/aromatic N) is 1. The SMILES string of the molecule is CN(CCC(F)(F)F)S(=O)(=O)c1ccc(N)c(Br)c1. The van der Waals surface area contributed by atoms with Gasteiger partial charge in [0, 0.05) is 23.8 Å². The lowest BCUT2D eigenvalue weighted by Crippen LogP contribution is -2.30. The predicted octanol–water partition coefficient (Wildman–Crippen LogP) is 2.60. The second-order valence-electron chi connectivity index (χ2n) is 3.88. The van der Waals surface area contributed by atoms with E-state index in [9.17, 15) is 21.6 Å². The fraction of sp³-hybridized carbons (Fsp3) is 0.400. The Balaban J connectivity index is 2.94. The van der Waals surface area contributed by atoms with Crippen LogP contribution in [0, 0.1) is 0 Å². The summed E-state index contributed by atoms with van der Waals surface area (Å²) in [5, 5.41) is 0. The average Bonchev–Trinajstić information content (AvgIpc) is 2.28. The highest BCUT2D eigenvalue weighted by Gasteiger charge is 2.30. The average molecular weight is 361 g/mol. The molecule has 1 rings (SSSR count). The van der Waals surface area contributed by atoms with E-state index >= 15 is 0 Å². The molecule has 0 aliphatic heterocycles. The molecule has 0 spiro atoms. The molecule has 0 radical (unpaired) electrons. The lowest BCUT2D eigenvalue weighted by Gasteiger charge is -2.18. The van der Waals surface area contributed by atoms with Crippen molar-refractivity contribution >= 4 is 31.6 Å². The maximum atomic E-state index is 12.1. The van der Waals surface area contributed by atoms with Crippen LogP contribution in [0.5, 0.6) is 0 Å². The van der Waals surface area contributed by atoms with Gasteiger partial charge in [-0.15, -0.1) is 0 Å². The normalized spacial score (nSPS) is 12.9. The lowest BCUT2D eigenvalue weighted by atomic mass is 10.3. The number of anilines is 1. The number of nitrogen functional groups attached to an aromatic ring is 1. The van der Waals surface area contributed by atoms with Gasteiger partial charge in [0.05, 0.1) is 11.3 Å². The van der Waals surface area contributed by atoms with Crippen molar-refractivity contribution in [2.45, 2.75) is 17.5 Å². The van der Waals surface area contributed by atoms with E-state index in [1.807, 2.05) is 0 Å². The minimum Gasteiger partial charge on any atom is -0.398 e. The molecular weight excluding hydrogens is 349 g/mol. The van der Waals surface area contributed by atoms with Gasteiger partial charge >= 0.3 is 6.18 Å². The van der Waals surface area contributed by atoms with Gasteiger partial charge in [-0.05, 0) is 34.1 Å². The fourth-order valence-electron chi connectivity index (χ4n) is 1.25. The van der Waals surface area contributed by atoms with E-state index in [0.29, 0.717) is 14.5 Å². The van der Waals surface area contributed by atoms with Crippen molar-refractivity contribution in [3.05, 3.63) is 22.7 Å². The Bertz CT molecular complexity index is 560. The van der Waals surface area contributed by atoms with E-state index < -0.39 is 29.2 Å². The van der Waals surface area contributed by atoms with Gasteiger partial charge in [0.2, 0.25) is 10.0 Å². The van der Waals surface area contributed by atoms with Gasteiger partial charge in [0.15, 0.2) is 0 Å². The summed E-state index contributed by atoms with van der Waals surface area (Å²) >= 11 is 3.07. The van der Waals surface area contributed by atoms with E-state index in [0.717, 1.165) is 7.05 Å². The molecule has 108 valence electrons. The first-order valence-electron chi connectivity index (χ1n) is 5.12. The fourth-order valence-corrected chi connectivity index (χ4v) is 2.98. The number of nitrogens with two attached hydrogens (primary N) is 1. The molecule has 2 N–H and O–H groups in total. The third kappa shape index (κ3) is 4.36. The van der Waals surface area contributed by atoms with Crippen LogP contribution < -0.4 is 5.73 Å². The first-order chi connectivity index (χ1) is 8.54. The second-order valence-corrected chi connectivity index (χ2v) is 6.77. The zero-order valence-corrected chi connectivity index (χ0v) is 12.3. The molecule has 0 bridgehead atoms. The molecule has 0 atom stereocenters. The van der Waals surface area contributed by atoms with Crippen molar-refractivity contribution in [2.75, 3.05) is 19.3 Å². The molecule has 1 aromatic rings. The molecule has 0 heterocycles. The maximum absolute atomic E-state index is 12.1. The number of halogens is 4. The molecule has 0 unspecified atom stereocenters. The Kier molecular flexibility index (Phi) is 4.86. The van der Waals surface area contributed by atoms with Crippen LogP contribution in [0.4, 0.5) is 18.9 Å². The summed E-state index contributed by atoms with van der Waals surface area (Å²) in [7, 11) is -2.85. The highest BCUT2D eigenvalue weighted by Crippen LogP contribution is 2.26. The molecule has 0 aliphatic carbocycles. The van der Waals surface area contributed by atoms with Crippen molar-refractivity contribution in [3.8, 4) is 0 Å². The predicted molar refractivity (Wildman–Crippen MR) is 69.0 cm³/mol. The number of sulfonamides is 1. The zero-order valence-electron chi connectivity index (χ0n) is 9.91. The summed E-state index contributed by atoms with van der Waals surface area (Å²) in [6.45, 7) is -0.631. The van der Waals surface area contributed by atoms with Crippen LogP contribution >= 0.6 is 15.9 Å². The lowest BCUT2D eigenvalue weighted by molar-refractivity contribution is -0.135. The molecule has 0 aliphatic rings. The molecule has 19 heavy (non-hydrogen) atoms. The maximum Gasteiger partial charge on any atom is 0.390 e. The Morgan fingerprint density at radius 2 is 1.95 bits per heavy atom. The summed E-state index contributed by atoms with van der Waals surface area (Å²) in [6.07, 6.45) is -5.59. The van der Waals surface area contributed by atoms with Crippen LogP contribution in [0.3, 0.4) is 0 Å². The van der Waals surface area contributed by atoms with Gasteiger partial charge in [-0.2, -0.15) is 13.2 Å². The van der Waals surface area contributed by atoms with Gasteiger partial charge in [0.25, 0.3) is 0 Å². The van der Waals surface area contributed by atoms with Crippen molar-refractivity contribution in [2.24, 2.45) is 0 Å². The van der Waals surface area contributed by atoms with Crippen molar-refractivity contribution in [1.82, 2.24) is 4.31 Å². The van der Waals surface area contributed by atoms with Crippen molar-refractivity contribution in [3.63, 3.8) is 0 Å². The molecule has 0 amide bonds. The molecule has 0 fully saturated rings. The Morgan fingerprint density at radius 3 is 2.42 bits per heavy atom. The highest BCUT2D eigenvalue weighted by molar-refractivity contribution is 9.10. The molecule has 0 saturated carbocycles. The van der Waals surface area contributed by atoms with Gasteiger partial charge in [-0.3, -0.25) is 0 Å². The van der Waals surface area contributed by atoms with Crippen LogP contribution in [-0.4, -0.2) is 32.5 Å². The number of hydrogen-bond donors (Lipinski definition) is 1.